The third kappa shape index (κ3) is 4.98. The smallest absolute Gasteiger partial charge is 0.0954 e. The van der Waals surface area contributed by atoms with Crippen molar-refractivity contribution in [2.75, 3.05) is 12.4 Å². The molecule has 1 aliphatic heterocycles. The van der Waals surface area contributed by atoms with Gasteiger partial charge in [0.25, 0.3) is 0 Å². The summed E-state index contributed by atoms with van der Waals surface area (Å²) in [5.41, 5.74) is 7.50. The average Bonchev–Trinajstić information content (AvgIpc) is 3.26. The largest absolute Gasteiger partial charge is 0.391 e. The summed E-state index contributed by atoms with van der Waals surface area (Å²) in [6.07, 6.45) is 5.85. The Morgan fingerprint density at radius 1 is 1.09 bits per heavy atom. The number of fused-ring (bicyclic) bond motifs is 1. The summed E-state index contributed by atoms with van der Waals surface area (Å²) in [5, 5.41) is 15.5. The number of methoxy groups -OCH3 is 1. The molecule has 6 heteroatoms. The van der Waals surface area contributed by atoms with E-state index in [0.717, 1.165) is 58.5 Å². The average molecular weight is 488 g/mol. The molecule has 0 bridgehead atoms. The first-order valence-electron chi connectivity index (χ1n) is 12.0. The number of aromatic nitrogens is 2. The Bertz CT molecular complexity index is 1300. The molecular weight excluding hydrogens is 458 g/mol. The highest BCUT2D eigenvalue weighted by atomic mass is 35.5. The molecule has 1 aliphatic rings. The van der Waals surface area contributed by atoms with E-state index in [1.807, 2.05) is 48.9 Å². The van der Waals surface area contributed by atoms with Gasteiger partial charge in [0.2, 0.25) is 0 Å². The van der Waals surface area contributed by atoms with Crippen LogP contribution in [0.2, 0.25) is 5.02 Å². The minimum absolute atomic E-state index is 0.217. The van der Waals surface area contributed by atoms with Crippen molar-refractivity contribution in [1.82, 2.24) is 9.55 Å². The Balaban J connectivity index is 1.55. The Morgan fingerprint density at radius 2 is 1.91 bits per heavy atom. The zero-order valence-electron chi connectivity index (χ0n) is 19.8. The lowest BCUT2D eigenvalue weighted by molar-refractivity contribution is 0.124. The molecular formula is C29H30ClN3O2. The fourth-order valence-electron chi connectivity index (χ4n) is 5.02. The summed E-state index contributed by atoms with van der Waals surface area (Å²) in [7, 11) is 1.71. The van der Waals surface area contributed by atoms with Crippen LogP contribution < -0.4 is 5.32 Å². The van der Waals surface area contributed by atoms with Crippen molar-refractivity contribution in [3.8, 4) is 11.1 Å². The number of rotatable bonds is 7. The maximum absolute atomic E-state index is 11.2. The second-order valence-corrected chi connectivity index (χ2v) is 9.45. The van der Waals surface area contributed by atoms with Crippen LogP contribution in [0.25, 0.3) is 11.1 Å². The maximum Gasteiger partial charge on any atom is 0.0954 e. The molecule has 180 valence electrons. The van der Waals surface area contributed by atoms with E-state index in [4.69, 9.17) is 16.3 Å². The second-order valence-electron chi connectivity index (χ2n) is 9.04. The van der Waals surface area contributed by atoms with Crippen LogP contribution in [0.4, 0.5) is 5.69 Å². The molecule has 2 heterocycles. The van der Waals surface area contributed by atoms with Gasteiger partial charge < -0.3 is 19.7 Å². The number of ether oxygens (including phenoxy) is 1. The van der Waals surface area contributed by atoms with Gasteiger partial charge in [-0.1, -0.05) is 60.1 Å². The molecule has 3 aromatic carbocycles. The molecule has 5 rings (SSSR count). The number of aliphatic hydroxyl groups is 1. The number of aryl methyl sites for hydroxylation is 1. The van der Waals surface area contributed by atoms with Gasteiger partial charge in [-0.3, -0.25) is 0 Å². The topological polar surface area (TPSA) is 59.3 Å². The molecule has 2 N–H and O–H groups in total. The van der Waals surface area contributed by atoms with E-state index in [2.05, 4.69) is 45.2 Å². The first-order valence-corrected chi connectivity index (χ1v) is 12.4. The van der Waals surface area contributed by atoms with Crippen molar-refractivity contribution < 1.29 is 9.84 Å². The van der Waals surface area contributed by atoms with Crippen LogP contribution in [-0.4, -0.2) is 27.9 Å². The number of nitrogens with zero attached hydrogens (tertiary/aromatic N) is 2. The van der Waals surface area contributed by atoms with Gasteiger partial charge in [-0.05, 0) is 54.2 Å². The zero-order chi connectivity index (χ0) is 24.2. The van der Waals surface area contributed by atoms with Crippen molar-refractivity contribution in [2.24, 2.45) is 0 Å². The third-order valence-corrected chi connectivity index (χ3v) is 7.07. The van der Waals surface area contributed by atoms with Crippen LogP contribution in [0.1, 0.15) is 41.3 Å². The molecule has 0 radical (unpaired) electrons. The first-order chi connectivity index (χ1) is 17.2. The minimum atomic E-state index is -0.503. The lowest BCUT2D eigenvalue weighted by Gasteiger charge is -2.27. The second kappa shape index (κ2) is 10.6. The third-order valence-electron chi connectivity index (χ3n) is 6.74. The summed E-state index contributed by atoms with van der Waals surface area (Å²) in [6.45, 7) is 1.21. The van der Waals surface area contributed by atoms with Crippen LogP contribution >= 0.6 is 11.6 Å². The number of hydrogen-bond acceptors (Lipinski definition) is 4. The quantitative estimate of drug-likeness (QED) is 0.323. The van der Waals surface area contributed by atoms with E-state index < -0.39 is 6.10 Å². The van der Waals surface area contributed by atoms with E-state index in [1.54, 1.807) is 7.11 Å². The van der Waals surface area contributed by atoms with E-state index >= 15 is 0 Å². The van der Waals surface area contributed by atoms with Crippen molar-refractivity contribution in [3.63, 3.8) is 0 Å². The minimum Gasteiger partial charge on any atom is -0.391 e. The van der Waals surface area contributed by atoms with E-state index in [-0.39, 0.29) is 6.04 Å². The summed E-state index contributed by atoms with van der Waals surface area (Å²) in [5.74, 6) is 0. The number of nitrogens with one attached hydrogen (secondary N) is 1. The number of benzene rings is 3. The predicted molar refractivity (Wildman–Crippen MR) is 141 cm³/mol. The van der Waals surface area contributed by atoms with Gasteiger partial charge in [0, 0.05) is 47.4 Å². The predicted octanol–water partition coefficient (Wildman–Crippen LogP) is 6.25. The van der Waals surface area contributed by atoms with Gasteiger partial charge in [0.1, 0.15) is 0 Å². The standard InChI is InChI=1S/C29H30ClN3O2/c1-35-18-21-7-2-5-11-27(21)32-16-20-13-14-24(25(15-20)23-9-3-4-10-26(23)30)29-28(34)12-6-8-22-17-31-19-33(22)29/h2-5,7,9-11,13-15,17,19,28-29,32,34H,6,8,12,16,18H2,1H3/t28-,29-/m1/s1. The SMILES string of the molecule is COCc1ccccc1NCc1ccc([C@@H]2[C@H](O)CCCc3cncn32)c(-c2ccccc2Cl)c1. The molecule has 0 amide bonds. The Kier molecular flexibility index (Phi) is 7.19. The van der Waals surface area contributed by atoms with Crippen LogP contribution in [0.3, 0.4) is 0 Å². The molecule has 0 saturated carbocycles. The van der Waals surface area contributed by atoms with Crippen LogP contribution in [0.5, 0.6) is 0 Å². The van der Waals surface area contributed by atoms with Gasteiger partial charge in [0.15, 0.2) is 0 Å². The molecule has 0 saturated heterocycles. The molecule has 2 atom stereocenters. The van der Waals surface area contributed by atoms with Crippen LogP contribution in [-0.2, 0) is 24.3 Å². The highest BCUT2D eigenvalue weighted by molar-refractivity contribution is 6.33. The zero-order valence-corrected chi connectivity index (χ0v) is 20.6. The van der Waals surface area contributed by atoms with E-state index in [1.165, 1.54) is 0 Å². The molecule has 0 unspecified atom stereocenters. The van der Waals surface area contributed by atoms with Crippen LogP contribution in [0, 0.1) is 0 Å². The number of para-hydroxylation sites is 1. The molecule has 4 aromatic rings. The van der Waals surface area contributed by atoms with Crippen LogP contribution in [0.15, 0.2) is 79.3 Å². The fourth-order valence-corrected chi connectivity index (χ4v) is 5.26. The van der Waals surface area contributed by atoms with Gasteiger partial charge in [-0.15, -0.1) is 0 Å². The Labute approximate surface area is 211 Å². The van der Waals surface area contributed by atoms with Gasteiger partial charge in [-0.25, -0.2) is 4.98 Å². The van der Waals surface area contributed by atoms with Gasteiger partial charge in [0.05, 0.1) is 25.1 Å². The lowest BCUT2D eigenvalue weighted by atomic mass is 9.89. The van der Waals surface area contributed by atoms with Crippen molar-refractivity contribution in [3.05, 3.63) is 107 Å². The van der Waals surface area contributed by atoms with Gasteiger partial charge in [-0.2, -0.15) is 0 Å². The first kappa shape index (κ1) is 23.6. The Morgan fingerprint density at radius 3 is 2.77 bits per heavy atom. The van der Waals surface area contributed by atoms with Crippen molar-refractivity contribution in [1.29, 1.82) is 0 Å². The van der Waals surface area contributed by atoms with E-state index in [0.29, 0.717) is 18.2 Å². The number of anilines is 1. The molecule has 0 fully saturated rings. The molecule has 5 nitrogen and oxygen atoms in total. The van der Waals surface area contributed by atoms with Crippen molar-refractivity contribution in [2.45, 2.75) is 44.6 Å². The summed E-state index contributed by atoms with van der Waals surface area (Å²) in [4.78, 5) is 4.39. The molecule has 1 aromatic heterocycles. The lowest BCUT2D eigenvalue weighted by Crippen LogP contribution is -2.25. The fraction of sp³-hybridized carbons (Fsp3) is 0.276. The number of hydrogen-bond donors (Lipinski definition) is 2. The summed E-state index contributed by atoms with van der Waals surface area (Å²) >= 11 is 6.69. The molecule has 35 heavy (non-hydrogen) atoms. The number of aliphatic hydroxyl groups excluding tert-OH is 1. The summed E-state index contributed by atoms with van der Waals surface area (Å²) < 4.78 is 7.48. The normalized spacial score (nSPS) is 17.6. The van der Waals surface area contributed by atoms with Crippen molar-refractivity contribution >= 4 is 17.3 Å². The summed E-state index contributed by atoms with van der Waals surface area (Å²) in [6, 6.07) is 22.3. The Hall–Kier alpha value is -3.12. The molecule has 0 aliphatic carbocycles. The number of halogens is 1. The number of imidazole rings is 1. The molecule has 0 spiro atoms. The van der Waals surface area contributed by atoms with E-state index in [9.17, 15) is 5.11 Å². The monoisotopic (exact) mass is 487 g/mol. The maximum atomic E-state index is 11.2. The van der Waals surface area contributed by atoms with Gasteiger partial charge >= 0.3 is 0 Å². The highest BCUT2D eigenvalue weighted by Gasteiger charge is 2.30. The highest BCUT2D eigenvalue weighted by Crippen LogP contribution is 2.39.